The molecular formula is C18H2F35NaO6. The zero-order chi connectivity index (χ0) is 48.7. The molecule has 0 aliphatic rings. The van der Waals surface area contributed by atoms with Crippen LogP contribution in [0, 0.1) is 0 Å². The van der Waals surface area contributed by atoms with E-state index in [1.807, 2.05) is 0 Å². The molecule has 0 saturated carbocycles. The second-order valence-electron chi connectivity index (χ2n) is 9.91. The molecule has 0 heterocycles. The van der Waals surface area contributed by atoms with Crippen LogP contribution in [0.4, 0.5) is 154 Å². The average Bonchev–Trinajstić information content (AvgIpc) is 2.91. The summed E-state index contributed by atoms with van der Waals surface area (Å²) in [6.07, 6.45) is -97.4. The van der Waals surface area contributed by atoms with Gasteiger partial charge in [0.2, 0.25) is 0 Å². The van der Waals surface area contributed by atoms with Crippen LogP contribution in [0.1, 0.15) is 0 Å². The zero-order valence-electron chi connectivity index (χ0n) is 25.9. The summed E-state index contributed by atoms with van der Waals surface area (Å²) in [6, 6.07) is 0. The quantitative estimate of drug-likeness (QED) is 0.126. The summed E-state index contributed by atoms with van der Waals surface area (Å²) in [5.74, 6) is -53.0. The minimum atomic E-state index is -9.58. The molecule has 0 aromatic heterocycles. The number of ether oxygens (including phenoxy) is 5. The van der Waals surface area contributed by atoms with Crippen molar-refractivity contribution in [3.05, 3.63) is 0 Å². The van der Waals surface area contributed by atoms with E-state index >= 15 is 0 Å². The molecule has 356 valence electrons. The molecule has 0 saturated heterocycles. The number of halogens is 35. The maximum absolute atomic E-state index is 14.5. The van der Waals surface area contributed by atoms with Crippen LogP contribution in [0.25, 0.3) is 0 Å². The Morgan fingerprint density at radius 1 is 0.250 bits per heavy atom. The fraction of sp³-hybridized carbons (Fsp3) is 1.00. The Balaban J connectivity index is 0. The Kier molecular flexibility index (Phi) is 16.2. The van der Waals surface area contributed by atoms with Crippen LogP contribution in [0.15, 0.2) is 0 Å². The Morgan fingerprint density at radius 2 is 0.433 bits per heavy atom. The minimum absolute atomic E-state index is 0. The molecule has 0 N–H and O–H groups in total. The molecule has 5 unspecified atom stereocenters. The molecule has 0 aromatic rings. The number of hydrogen-bond donors (Lipinski definition) is 0. The normalized spacial score (nSPS) is 20.6. The van der Waals surface area contributed by atoms with Gasteiger partial charge in [0.1, 0.15) is 0 Å². The van der Waals surface area contributed by atoms with Gasteiger partial charge in [0.25, 0.3) is 5.85 Å². The Labute approximate surface area is 322 Å². The first kappa shape index (κ1) is 60.4. The molecule has 0 fully saturated rings. The number of rotatable bonds is 16. The van der Waals surface area contributed by atoms with Crippen LogP contribution in [-0.4, -0.2) is 109 Å². The zero-order valence-corrected chi connectivity index (χ0v) is 27.9. The smallest absolute Gasteiger partial charge is 0.850 e. The van der Waals surface area contributed by atoms with E-state index in [4.69, 9.17) is 0 Å². The van der Waals surface area contributed by atoms with Crippen molar-refractivity contribution in [2.24, 2.45) is 0 Å². The first-order valence-corrected chi connectivity index (χ1v) is 12.0. The minimum Gasteiger partial charge on any atom is -0.850 e. The molecular weight excluding hydrogens is 1000 g/mol. The molecule has 0 amide bonds. The van der Waals surface area contributed by atoms with Crippen molar-refractivity contribution in [2.75, 3.05) is 6.61 Å². The molecule has 42 heteroatoms. The van der Waals surface area contributed by atoms with Crippen molar-refractivity contribution in [3.63, 3.8) is 0 Å². The van der Waals surface area contributed by atoms with Crippen molar-refractivity contribution in [2.45, 2.75) is 103 Å². The van der Waals surface area contributed by atoms with Gasteiger partial charge >= 0.3 is 126 Å². The fourth-order valence-corrected chi connectivity index (χ4v) is 2.70. The first-order chi connectivity index (χ1) is 24.8. The molecule has 0 bridgehead atoms. The van der Waals surface area contributed by atoms with E-state index in [9.17, 15) is 159 Å². The van der Waals surface area contributed by atoms with Gasteiger partial charge in [-0.1, -0.05) is 6.61 Å². The van der Waals surface area contributed by atoms with Gasteiger partial charge in [-0.05, 0) is 0 Å². The third-order valence-corrected chi connectivity index (χ3v) is 5.65. The van der Waals surface area contributed by atoms with E-state index in [-0.39, 0.29) is 29.6 Å². The van der Waals surface area contributed by atoms with Crippen molar-refractivity contribution in [1.29, 1.82) is 0 Å². The van der Waals surface area contributed by atoms with Gasteiger partial charge in [0.15, 0.2) is 0 Å². The summed E-state index contributed by atoms with van der Waals surface area (Å²) in [4.78, 5) is 0. The molecule has 0 radical (unpaired) electrons. The molecule has 60 heavy (non-hydrogen) atoms. The summed E-state index contributed by atoms with van der Waals surface area (Å²) < 4.78 is 472. The monoisotopic (exact) mass is 1000 g/mol. The summed E-state index contributed by atoms with van der Waals surface area (Å²) in [5, 5.41) is 10.3. The molecule has 0 aliphatic carbocycles. The molecule has 0 aliphatic heterocycles. The second kappa shape index (κ2) is 16.1. The van der Waals surface area contributed by atoms with E-state index < -0.39 is 109 Å². The predicted molar refractivity (Wildman–Crippen MR) is 95.5 cm³/mol. The van der Waals surface area contributed by atoms with Gasteiger partial charge in [0, 0.05) is 0 Å². The molecule has 6 nitrogen and oxygen atoms in total. The van der Waals surface area contributed by atoms with Crippen LogP contribution < -0.4 is 34.7 Å². The van der Waals surface area contributed by atoms with Gasteiger partial charge < -0.3 is 5.11 Å². The first-order valence-electron chi connectivity index (χ1n) is 12.0. The Morgan fingerprint density at radius 3 is 0.583 bits per heavy atom. The summed E-state index contributed by atoms with van der Waals surface area (Å²) >= 11 is 0. The van der Waals surface area contributed by atoms with E-state index in [1.165, 1.54) is 4.74 Å². The molecule has 0 rings (SSSR count). The van der Waals surface area contributed by atoms with Crippen molar-refractivity contribution in [1.82, 2.24) is 0 Å². The van der Waals surface area contributed by atoms with Gasteiger partial charge in [0.05, 0.1) is 0 Å². The number of hydrogen-bond acceptors (Lipinski definition) is 6. The molecule has 0 aromatic carbocycles. The summed E-state index contributed by atoms with van der Waals surface area (Å²) in [7, 11) is 0. The van der Waals surface area contributed by atoms with Crippen LogP contribution in [0.2, 0.25) is 0 Å². The van der Waals surface area contributed by atoms with Gasteiger partial charge in [-0.15, -0.1) is 0 Å². The Hall–Kier alpha value is -1.69. The molecule has 0 spiro atoms. The SMILES string of the molecule is [Na+].[O-]CC(F)(OC(F)(F)C(F)(OC(F)(F)C(F)(OC(F)(F)C(F)(OC(F)(F)C(F)(OC(F)(F)C(F)(F)C(F)(F)F)C(F)(F)F)C(F)(F)F)C(F)(F)F)C(F)(F)F)C(F)(F)F. The predicted octanol–water partition coefficient (Wildman–Crippen LogP) is 6.74. The third-order valence-electron chi connectivity index (χ3n) is 5.65. The summed E-state index contributed by atoms with van der Waals surface area (Å²) in [6.45, 7) is -4.15. The standard InChI is InChI=1S/C18H2F35O6.Na/c19-2(1-54,8(26,27)28)55-15(46,47)4(22,10(32,33)34)57-17(50,51)6(24,12(38,39)40)59-18(52,53)7(25,13(41,42)43)58-16(48,49)5(23,11(35,36)37)56-14(44,45)3(20,21)9(29,30)31;/h1H2;/q-1;+1. The van der Waals surface area contributed by atoms with Crippen molar-refractivity contribution < 1.29 is 212 Å². The topological polar surface area (TPSA) is 69.2 Å². The number of alkyl halides is 35. The van der Waals surface area contributed by atoms with Gasteiger partial charge in [-0.2, -0.15) is 149 Å². The van der Waals surface area contributed by atoms with Crippen LogP contribution >= 0.6 is 0 Å². The van der Waals surface area contributed by atoms with Crippen LogP contribution in [-0.2, 0) is 23.7 Å². The average molecular weight is 1000 g/mol. The van der Waals surface area contributed by atoms with E-state index in [0.717, 1.165) is 9.47 Å². The van der Waals surface area contributed by atoms with E-state index in [0.29, 0.717) is 9.47 Å². The van der Waals surface area contributed by atoms with Crippen molar-refractivity contribution >= 4 is 0 Å². The third kappa shape index (κ3) is 10.1. The maximum Gasteiger partial charge on any atom is 1.00 e. The van der Waals surface area contributed by atoms with Gasteiger partial charge in [-0.25, -0.2) is 4.39 Å². The van der Waals surface area contributed by atoms with E-state index in [2.05, 4.69) is 0 Å². The Bertz CT molecular complexity index is 1460. The molecule has 5 atom stereocenters. The van der Waals surface area contributed by atoms with Crippen molar-refractivity contribution in [3.8, 4) is 0 Å². The second-order valence-corrected chi connectivity index (χ2v) is 9.91. The van der Waals surface area contributed by atoms with Crippen LogP contribution in [0.5, 0.6) is 0 Å². The maximum atomic E-state index is 14.5. The summed E-state index contributed by atoms with van der Waals surface area (Å²) in [5.41, 5.74) is 0. The van der Waals surface area contributed by atoms with Gasteiger partial charge in [-0.3, -0.25) is 23.7 Å². The fourth-order valence-electron chi connectivity index (χ4n) is 2.70. The van der Waals surface area contributed by atoms with E-state index in [1.54, 1.807) is 0 Å². The largest absolute Gasteiger partial charge is 1.00 e. The van der Waals surface area contributed by atoms with Crippen LogP contribution in [0.3, 0.4) is 0 Å².